The number of aryl methyl sites for hydroxylation is 4. The van der Waals surface area contributed by atoms with Crippen molar-refractivity contribution in [3.63, 3.8) is 0 Å². The Bertz CT molecular complexity index is 577. The molecule has 2 aromatic carbocycles. The van der Waals surface area contributed by atoms with Crippen molar-refractivity contribution in [2.45, 2.75) is 40.5 Å². The van der Waals surface area contributed by atoms with Crippen molar-refractivity contribution in [2.24, 2.45) is 0 Å². The van der Waals surface area contributed by atoms with Crippen molar-refractivity contribution in [2.75, 3.05) is 0 Å². The highest BCUT2D eigenvalue weighted by molar-refractivity contribution is 5.72. The van der Waals surface area contributed by atoms with Crippen molar-refractivity contribution in [3.05, 3.63) is 58.4 Å². The normalized spacial score (nSPS) is 10.8. The minimum Gasteiger partial charge on any atom is -0.206 e. The molecule has 2 aromatic rings. The fourth-order valence-corrected chi connectivity index (χ4v) is 2.71. The summed E-state index contributed by atoms with van der Waals surface area (Å²) in [4.78, 5) is 0. The molecule has 0 aliphatic rings. The van der Waals surface area contributed by atoms with Gasteiger partial charge >= 0.3 is 0 Å². The fraction of sp³-hybridized carbons (Fsp3) is 0.333. The van der Waals surface area contributed by atoms with Crippen molar-refractivity contribution in [1.82, 2.24) is 0 Å². The predicted octanol–water partition coefficient (Wildman–Crippen LogP) is 5.37. The summed E-state index contributed by atoms with van der Waals surface area (Å²) in [6, 6.07) is 10.3. The van der Waals surface area contributed by atoms with Crippen LogP contribution in [0.25, 0.3) is 11.1 Å². The first-order valence-electron chi connectivity index (χ1n) is 6.90. The molecule has 0 saturated carbocycles. The van der Waals surface area contributed by atoms with Gasteiger partial charge in [0.05, 0.1) is 0 Å². The van der Waals surface area contributed by atoms with Gasteiger partial charge in [0.25, 0.3) is 0 Å². The maximum Gasteiger partial charge on any atom is 0.129 e. The summed E-state index contributed by atoms with van der Waals surface area (Å²) >= 11 is 0. The molecule has 0 aliphatic carbocycles. The Morgan fingerprint density at radius 1 is 0.947 bits per heavy atom. The molecule has 100 valence electrons. The summed E-state index contributed by atoms with van der Waals surface area (Å²) < 4.78 is 14.1. The van der Waals surface area contributed by atoms with E-state index in [1.807, 2.05) is 19.1 Å². The second-order valence-electron chi connectivity index (χ2n) is 5.28. The summed E-state index contributed by atoms with van der Waals surface area (Å²) in [5.41, 5.74) is 6.44. The Hall–Kier alpha value is -1.63. The molecule has 19 heavy (non-hydrogen) atoms. The van der Waals surface area contributed by atoms with Gasteiger partial charge < -0.3 is 0 Å². The van der Waals surface area contributed by atoms with E-state index in [9.17, 15) is 4.39 Å². The molecule has 0 bridgehead atoms. The van der Waals surface area contributed by atoms with Gasteiger partial charge in [-0.15, -0.1) is 0 Å². The lowest BCUT2D eigenvalue weighted by atomic mass is 9.92. The third-order valence-corrected chi connectivity index (χ3v) is 3.62. The number of hydrogen-bond acceptors (Lipinski definition) is 0. The topological polar surface area (TPSA) is 0 Å². The van der Waals surface area contributed by atoms with Crippen molar-refractivity contribution in [1.29, 1.82) is 0 Å². The summed E-state index contributed by atoms with van der Waals surface area (Å²) in [6.07, 6.45) is 1.76. The van der Waals surface area contributed by atoms with Crippen LogP contribution in [0.4, 0.5) is 4.39 Å². The quantitative estimate of drug-likeness (QED) is 0.692. The molecule has 0 spiro atoms. The highest BCUT2D eigenvalue weighted by Gasteiger charge is 2.11. The Labute approximate surface area is 115 Å². The van der Waals surface area contributed by atoms with Crippen molar-refractivity contribution in [3.8, 4) is 11.1 Å². The van der Waals surface area contributed by atoms with Gasteiger partial charge in [0.2, 0.25) is 0 Å². The van der Waals surface area contributed by atoms with Gasteiger partial charge in [0.15, 0.2) is 0 Å². The highest BCUT2D eigenvalue weighted by atomic mass is 19.1. The van der Waals surface area contributed by atoms with E-state index >= 15 is 0 Å². The summed E-state index contributed by atoms with van der Waals surface area (Å²) in [6.45, 7) is 8.16. The van der Waals surface area contributed by atoms with Gasteiger partial charge in [-0.25, -0.2) is 4.39 Å². The number of rotatable bonds is 3. The van der Waals surface area contributed by atoms with E-state index in [1.54, 1.807) is 0 Å². The molecule has 0 heterocycles. The predicted molar refractivity (Wildman–Crippen MR) is 80.0 cm³/mol. The van der Waals surface area contributed by atoms with Crippen LogP contribution in [0, 0.1) is 26.6 Å². The Morgan fingerprint density at radius 3 is 2.16 bits per heavy atom. The molecule has 0 aromatic heterocycles. The zero-order valence-corrected chi connectivity index (χ0v) is 12.2. The van der Waals surface area contributed by atoms with Crippen LogP contribution in [0.15, 0.2) is 30.3 Å². The number of benzene rings is 2. The summed E-state index contributed by atoms with van der Waals surface area (Å²) in [7, 11) is 0. The molecular formula is C18H21F. The van der Waals surface area contributed by atoms with E-state index in [0.29, 0.717) is 0 Å². The Kier molecular flexibility index (Phi) is 4.04. The second kappa shape index (κ2) is 5.56. The lowest BCUT2D eigenvalue weighted by molar-refractivity contribution is 0.598. The zero-order chi connectivity index (χ0) is 14.0. The summed E-state index contributed by atoms with van der Waals surface area (Å²) in [5.74, 6) is -0.0446. The van der Waals surface area contributed by atoms with Crippen LogP contribution < -0.4 is 0 Å². The lowest BCUT2D eigenvalue weighted by Gasteiger charge is -2.13. The molecule has 0 saturated heterocycles. The monoisotopic (exact) mass is 256 g/mol. The minimum absolute atomic E-state index is 0.0446. The first kappa shape index (κ1) is 13.8. The third kappa shape index (κ3) is 2.70. The second-order valence-corrected chi connectivity index (χ2v) is 5.28. The molecule has 2 rings (SSSR count). The maximum absolute atomic E-state index is 14.1. The maximum atomic E-state index is 14.1. The van der Waals surface area contributed by atoms with Crippen LogP contribution in [0.1, 0.15) is 35.6 Å². The standard InChI is InChI=1S/C18H21F/c1-5-7-15-11-16(10-14(4)18(15)19)17-12(2)8-6-9-13(17)3/h6,8-11H,5,7H2,1-4H3. The smallest absolute Gasteiger partial charge is 0.129 e. The van der Waals surface area contributed by atoms with E-state index in [0.717, 1.165) is 29.5 Å². The van der Waals surface area contributed by atoms with Crippen molar-refractivity contribution >= 4 is 0 Å². The molecular weight excluding hydrogens is 235 g/mol. The zero-order valence-electron chi connectivity index (χ0n) is 12.2. The molecule has 1 heteroatoms. The first-order chi connectivity index (χ1) is 9.04. The van der Waals surface area contributed by atoms with E-state index < -0.39 is 0 Å². The highest BCUT2D eigenvalue weighted by Crippen LogP contribution is 2.30. The van der Waals surface area contributed by atoms with Gasteiger partial charge in [-0.1, -0.05) is 31.5 Å². The Balaban J connectivity index is 2.63. The van der Waals surface area contributed by atoms with Crippen LogP contribution in [0.2, 0.25) is 0 Å². The minimum atomic E-state index is -0.0446. The molecule has 0 fully saturated rings. The molecule has 0 nitrogen and oxygen atoms in total. The molecule has 0 unspecified atom stereocenters. The van der Waals surface area contributed by atoms with E-state index in [1.165, 1.54) is 16.7 Å². The van der Waals surface area contributed by atoms with Gasteiger partial charge in [0.1, 0.15) is 5.82 Å². The van der Waals surface area contributed by atoms with Crippen LogP contribution in [-0.4, -0.2) is 0 Å². The van der Waals surface area contributed by atoms with E-state index in [4.69, 9.17) is 0 Å². The number of halogens is 1. The fourth-order valence-electron chi connectivity index (χ4n) is 2.71. The van der Waals surface area contributed by atoms with E-state index in [-0.39, 0.29) is 5.82 Å². The van der Waals surface area contributed by atoms with Crippen LogP contribution >= 0.6 is 0 Å². The molecule has 0 N–H and O–H groups in total. The van der Waals surface area contributed by atoms with Gasteiger partial charge in [-0.2, -0.15) is 0 Å². The average Bonchev–Trinajstić information content (AvgIpc) is 2.35. The molecule has 0 radical (unpaired) electrons. The van der Waals surface area contributed by atoms with Gasteiger partial charge in [-0.3, -0.25) is 0 Å². The molecule has 0 amide bonds. The Morgan fingerprint density at radius 2 is 1.58 bits per heavy atom. The van der Waals surface area contributed by atoms with E-state index in [2.05, 4.69) is 39.0 Å². The lowest BCUT2D eigenvalue weighted by Crippen LogP contribution is -1.96. The third-order valence-electron chi connectivity index (χ3n) is 3.62. The summed E-state index contributed by atoms with van der Waals surface area (Å²) in [5, 5.41) is 0. The number of hydrogen-bond donors (Lipinski definition) is 0. The van der Waals surface area contributed by atoms with Crippen LogP contribution in [-0.2, 0) is 6.42 Å². The molecule has 0 atom stereocenters. The van der Waals surface area contributed by atoms with Gasteiger partial charge in [-0.05, 0) is 72.7 Å². The molecule has 0 aliphatic heterocycles. The van der Waals surface area contributed by atoms with Crippen molar-refractivity contribution < 1.29 is 4.39 Å². The van der Waals surface area contributed by atoms with Gasteiger partial charge in [0, 0.05) is 0 Å². The average molecular weight is 256 g/mol. The first-order valence-corrected chi connectivity index (χ1v) is 6.90. The van der Waals surface area contributed by atoms with Crippen LogP contribution in [0.5, 0.6) is 0 Å². The SMILES string of the molecule is CCCc1cc(-c2c(C)cccc2C)cc(C)c1F. The largest absolute Gasteiger partial charge is 0.206 e. The van der Waals surface area contributed by atoms with Crippen LogP contribution in [0.3, 0.4) is 0 Å².